The highest BCUT2D eigenvalue weighted by Gasteiger charge is 2.39. The largest absolute Gasteiger partial charge is 0.481 e. The van der Waals surface area contributed by atoms with Gasteiger partial charge in [0, 0.05) is 17.8 Å². The lowest BCUT2D eigenvalue weighted by Crippen LogP contribution is -2.54. The lowest BCUT2D eigenvalue weighted by molar-refractivity contribution is -0.137. The normalized spacial score (nSPS) is 22.2. The Morgan fingerprint density at radius 1 is 1.39 bits per heavy atom. The smallest absolute Gasteiger partial charge is 0.322 e. The van der Waals surface area contributed by atoms with Crippen molar-refractivity contribution in [3.05, 3.63) is 52.2 Å². The van der Waals surface area contributed by atoms with Gasteiger partial charge in [0.25, 0.3) is 0 Å². The summed E-state index contributed by atoms with van der Waals surface area (Å²) in [4.78, 5) is 25.0. The summed E-state index contributed by atoms with van der Waals surface area (Å²) in [5, 5.41) is 12.7. The Bertz CT molecular complexity index is 859. The summed E-state index contributed by atoms with van der Waals surface area (Å²) in [6.45, 7) is 6.25. The molecule has 28 heavy (non-hydrogen) atoms. The molecule has 1 aliphatic heterocycles. The van der Waals surface area contributed by atoms with Crippen molar-refractivity contribution in [1.29, 1.82) is 0 Å². The van der Waals surface area contributed by atoms with Gasteiger partial charge < -0.3 is 15.3 Å². The second kappa shape index (κ2) is 8.00. The average molecular weight is 403 g/mol. The van der Waals surface area contributed by atoms with E-state index in [2.05, 4.69) is 25.2 Å². The van der Waals surface area contributed by atoms with E-state index in [-0.39, 0.29) is 24.9 Å². The molecule has 2 amide bonds. The molecule has 2 aliphatic rings. The second-order valence-electron chi connectivity index (χ2n) is 7.95. The Hall–Kier alpha value is -2.27. The van der Waals surface area contributed by atoms with E-state index < -0.39 is 11.5 Å². The Morgan fingerprint density at radius 2 is 2.14 bits per heavy atom. The first kappa shape index (κ1) is 20.5. The highest BCUT2D eigenvalue weighted by Crippen LogP contribution is 2.40. The number of carboxylic acid groups (broad SMARTS) is 1. The minimum absolute atomic E-state index is 0.0956. The molecule has 3 rings (SSSR count). The fourth-order valence-electron chi connectivity index (χ4n) is 4.06. The van der Waals surface area contributed by atoms with Crippen LogP contribution in [0.5, 0.6) is 0 Å². The maximum Gasteiger partial charge on any atom is 0.322 e. The quantitative estimate of drug-likeness (QED) is 0.690. The Labute approximate surface area is 171 Å². The number of nitrogens with zero attached hydrogens (tertiary/aromatic N) is 1. The van der Waals surface area contributed by atoms with Gasteiger partial charge in [0.05, 0.1) is 12.0 Å². The molecule has 0 aromatic heterocycles. The van der Waals surface area contributed by atoms with Crippen LogP contribution in [0.3, 0.4) is 0 Å². The number of rotatable bonds is 6. The average Bonchev–Trinajstić information content (AvgIpc) is 3.14. The van der Waals surface area contributed by atoms with Crippen molar-refractivity contribution >= 4 is 29.2 Å². The van der Waals surface area contributed by atoms with Gasteiger partial charge in [-0.2, -0.15) is 0 Å². The number of hydrogen-bond donors (Lipinski definition) is 2. The van der Waals surface area contributed by atoms with Gasteiger partial charge in [-0.05, 0) is 60.4 Å². The highest BCUT2D eigenvalue weighted by atomic mass is 35.5. The molecule has 0 saturated heterocycles. The van der Waals surface area contributed by atoms with Crippen LogP contribution in [0, 0.1) is 5.92 Å². The number of amides is 2. The first-order valence-electron chi connectivity index (χ1n) is 9.74. The summed E-state index contributed by atoms with van der Waals surface area (Å²) in [6.07, 6.45) is 7.24. The number of carboxylic acids is 1. The fourth-order valence-corrected chi connectivity index (χ4v) is 4.36. The molecule has 0 fully saturated rings. The van der Waals surface area contributed by atoms with Crippen LogP contribution >= 0.6 is 11.6 Å². The maximum atomic E-state index is 12.7. The third-order valence-corrected chi connectivity index (χ3v) is 5.92. The molecule has 0 spiro atoms. The minimum atomic E-state index is -0.927. The zero-order valence-corrected chi connectivity index (χ0v) is 17.3. The monoisotopic (exact) mass is 402 g/mol. The van der Waals surface area contributed by atoms with Crippen molar-refractivity contribution in [2.75, 3.05) is 6.54 Å². The first-order chi connectivity index (χ1) is 13.2. The summed E-state index contributed by atoms with van der Waals surface area (Å²) in [5.74, 6) is -0.766. The number of urea groups is 1. The molecule has 0 unspecified atom stereocenters. The van der Waals surface area contributed by atoms with Crippen molar-refractivity contribution in [3.8, 4) is 0 Å². The second-order valence-corrected chi connectivity index (χ2v) is 8.35. The molecule has 6 heteroatoms. The number of carbonyl (C=O) groups is 2. The van der Waals surface area contributed by atoms with Crippen molar-refractivity contribution in [1.82, 2.24) is 10.2 Å². The van der Waals surface area contributed by atoms with E-state index in [0.717, 1.165) is 36.0 Å². The van der Waals surface area contributed by atoms with Crippen molar-refractivity contribution in [2.45, 2.75) is 52.0 Å². The number of aliphatic carboxylic acids is 1. The maximum absolute atomic E-state index is 12.7. The zero-order chi connectivity index (χ0) is 20.5. The van der Waals surface area contributed by atoms with Crippen LogP contribution in [-0.4, -0.2) is 28.6 Å². The van der Waals surface area contributed by atoms with Crippen LogP contribution in [0.15, 0.2) is 36.0 Å². The summed E-state index contributed by atoms with van der Waals surface area (Å²) in [7, 11) is 0. The summed E-state index contributed by atoms with van der Waals surface area (Å²) >= 11 is 6.62. The summed E-state index contributed by atoms with van der Waals surface area (Å²) in [5.41, 5.74) is 3.59. The lowest BCUT2D eigenvalue weighted by atomic mass is 9.78. The van der Waals surface area contributed by atoms with E-state index in [1.54, 1.807) is 6.20 Å². The zero-order valence-electron chi connectivity index (χ0n) is 16.6. The number of hydrogen-bond acceptors (Lipinski definition) is 2. The molecule has 2 N–H and O–H groups in total. The van der Waals surface area contributed by atoms with Gasteiger partial charge in [-0.1, -0.05) is 43.7 Å². The number of nitrogens with one attached hydrogen (secondary N) is 1. The molecule has 0 saturated carbocycles. The van der Waals surface area contributed by atoms with Gasteiger partial charge in [-0.25, -0.2) is 4.79 Å². The van der Waals surface area contributed by atoms with Crippen molar-refractivity contribution in [3.63, 3.8) is 0 Å². The van der Waals surface area contributed by atoms with Crippen molar-refractivity contribution < 1.29 is 14.7 Å². The summed E-state index contributed by atoms with van der Waals surface area (Å²) < 4.78 is 0. The van der Waals surface area contributed by atoms with Crippen molar-refractivity contribution in [2.24, 2.45) is 5.92 Å². The topological polar surface area (TPSA) is 69.6 Å². The predicted molar refractivity (Wildman–Crippen MR) is 111 cm³/mol. The molecule has 1 aliphatic carbocycles. The van der Waals surface area contributed by atoms with Gasteiger partial charge in [0.1, 0.15) is 0 Å². The molecule has 1 aromatic carbocycles. The molecular formula is C22H27ClN2O3. The molecule has 1 aromatic rings. The van der Waals surface area contributed by atoms with Crippen LogP contribution in [0.25, 0.3) is 5.57 Å². The number of carbonyl (C=O) groups excluding carboxylic acids is 1. The molecular weight excluding hydrogens is 376 g/mol. The number of halogens is 1. The molecule has 1 heterocycles. The standard InChI is InChI=1S/C22H27ClN2O3/c1-14(2)18-13-25(11-10-20(26)27)21(28)24-22(18,3)16-8-9-17(19(23)12-16)15-6-4-5-7-15/h6,8-9,12-14H,4-5,7,10-11H2,1-3H3,(H,24,28)(H,26,27)/t22-/m1/s1. The van der Waals surface area contributed by atoms with Crippen LogP contribution in [0.1, 0.15) is 57.6 Å². The van der Waals surface area contributed by atoms with E-state index in [4.69, 9.17) is 16.7 Å². The Kier molecular flexibility index (Phi) is 5.84. The van der Waals surface area contributed by atoms with Gasteiger partial charge in [-0.15, -0.1) is 0 Å². The van der Waals surface area contributed by atoms with Gasteiger partial charge in [0.15, 0.2) is 0 Å². The van der Waals surface area contributed by atoms with Crippen LogP contribution < -0.4 is 5.32 Å². The Balaban J connectivity index is 1.97. The third kappa shape index (κ3) is 3.95. The van der Waals surface area contributed by atoms with Crippen LogP contribution in [-0.2, 0) is 10.3 Å². The minimum Gasteiger partial charge on any atom is -0.481 e. The fraction of sp³-hybridized carbons (Fsp3) is 0.455. The predicted octanol–water partition coefficient (Wildman–Crippen LogP) is 5.16. The van der Waals surface area contributed by atoms with E-state index in [1.165, 1.54) is 10.5 Å². The van der Waals surface area contributed by atoms with Gasteiger partial charge in [0.2, 0.25) is 0 Å². The van der Waals surface area contributed by atoms with Gasteiger partial charge in [-0.3, -0.25) is 4.79 Å². The van der Waals surface area contributed by atoms with Gasteiger partial charge >= 0.3 is 12.0 Å². The SMILES string of the molecule is CC(C)C1=CN(CCC(=O)O)C(=O)N[C@]1(C)c1ccc(C2=CCCC2)c(Cl)c1. The van der Waals surface area contributed by atoms with E-state index in [0.29, 0.717) is 5.02 Å². The van der Waals surface area contributed by atoms with E-state index in [1.807, 2.05) is 25.1 Å². The number of allylic oxidation sites excluding steroid dienone is 2. The van der Waals surface area contributed by atoms with E-state index in [9.17, 15) is 9.59 Å². The summed E-state index contributed by atoms with van der Waals surface area (Å²) in [6, 6.07) is 5.72. The highest BCUT2D eigenvalue weighted by molar-refractivity contribution is 6.32. The lowest BCUT2D eigenvalue weighted by Gasteiger charge is -2.42. The third-order valence-electron chi connectivity index (χ3n) is 5.61. The molecule has 5 nitrogen and oxygen atoms in total. The Morgan fingerprint density at radius 3 is 2.71 bits per heavy atom. The first-order valence-corrected chi connectivity index (χ1v) is 10.1. The van der Waals surface area contributed by atoms with Crippen LogP contribution in [0.2, 0.25) is 5.02 Å². The molecule has 0 bridgehead atoms. The number of benzene rings is 1. The molecule has 1 atom stereocenters. The molecule has 150 valence electrons. The van der Waals surface area contributed by atoms with Crippen LogP contribution in [0.4, 0.5) is 4.79 Å². The molecule has 0 radical (unpaired) electrons. The van der Waals surface area contributed by atoms with E-state index >= 15 is 0 Å².